The van der Waals surface area contributed by atoms with E-state index in [0.29, 0.717) is 6.54 Å². The normalized spacial score (nSPS) is 18.7. The average Bonchev–Trinajstić information content (AvgIpc) is 1.97. The van der Waals surface area contributed by atoms with Crippen molar-refractivity contribution in [2.45, 2.75) is 0 Å². The molecule has 0 aromatic heterocycles. The van der Waals surface area contributed by atoms with E-state index in [-0.39, 0.29) is 24.9 Å². The number of hydrogen-bond donors (Lipinski definition) is 1. The number of hydrogen-bond acceptors (Lipinski definition) is 3. The van der Waals surface area contributed by atoms with Gasteiger partial charge in [-0.25, -0.2) is 0 Å². The molecule has 1 fully saturated rings. The van der Waals surface area contributed by atoms with Crippen LogP contribution in [0, 0.1) is 0 Å². The van der Waals surface area contributed by atoms with E-state index >= 15 is 0 Å². The molecule has 0 spiro atoms. The third-order valence-corrected chi connectivity index (χ3v) is 1.47. The van der Waals surface area contributed by atoms with Crippen LogP contribution >= 0.6 is 0 Å². The summed E-state index contributed by atoms with van der Waals surface area (Å²) in [7, 11) is 0. The maximum atomic E-state index is 11.0. The van der Waals surface area contributed by atoms with Crippen LogP contribution in [-0.4, -0.2) is 36.3 Å². The molecule has 2 amide bonds. The van der Waals surface area contributed by atoms with Gasteiger partial charge in [0.25, 0.3) is 0 Å². The van der Waals surface area contributed by atoms with Crippen molar-refractivity contribution in [3.05, 3.63) is 12.7 Å². The number of imide groups is 1. The molecule has 0 aliphatic carbocycles. The van der Waals surface area contributed by atoms with Gasteiger partial charge in [-0.05, 0) is 0 Å². The van der Waals surface area contributed by atoms with Gasteiger partial charge in [-0.15, -0.1) is 6.58 Å². The fourth-order valence-electron chi connectivity index (χ4n) is 0.939. The summed E-state index contributed by atoms with van der Waals surface area (Å²) in [5, 5.41) is 2.70. The zero-order valence-electron chi connectivity index (χ0n) is 6.17. The summed E-state index contributed by atoms with van der Waals surface area (Å²) >= 11 is 0. The van der Waals surface area contributed by atoms with Crippen molar-refractivity contribution in [2.75, 3.05) is 19.6 Å². The Hall–Kier alpha value is -1.16. The minimum atomic E-state index is -0.179. The number of nitrogens with one attached hydrogen (secondary N) is 1. The molecular weight excluding hydrogens is 144 g/mol. The lowest BCUT2D eigenvalue weighted by Crippen LogP contribution is -2.51. The zero-order chi connectivity index (χ0) is 8.27. The molecule has 1 N–H and O–H groups in total. The first-order valence-electron chi connectivity index (χ1n) is 3.40. The molecule has 4 nitrogen and oxygen atoms in total. The lowest BCUT2D eigenvalue weighted by molar-refractivity contribution is -0.145. The summed E-state index contributed by atoms with van der Waals surface area (Å²) < 4.78 is 0. The van der Waals surface area contributed by atoms with E-state index in [9.17, 15) is 9.59 Å². The molecule has 0 bridgehead atoms. The average molecular weight is 154 g/mol. The van der Waals surface area contributed by atoms with E-state index in [2.05, 4.69) is 11.9 Å². The summed E-state index contributed by atoms with van der Waals surface area (Å²) in [6, 6.07) is 0. The van der Waals surface area contributed by atoms with Crippen molar-refractivity contribution in [3.63, 3.8) is 0 Å². The van der Waals surface area contributed by atoms with Crippen molar-refractivity contribution >= 4 is 11.8 Å². The van der Waals surface area contributed by atoms with Gasteiger partial charge in [0.1, 0.15) is 0 Å². The van der Waals surface area contributed by atoms with Crippen molar-refractivity contribution in [2.24, 2.45) is 0 Å². The first-order valence-corrected chi connectivity index (χ1v) is 3.40. The summed E-state index contributed by atoms with van der Waals surface area (Å²) in [5.41, 5.74) is 0. The second kappa shape index (κ2) is 3.30. The van der Waals surface area contributed by atoms with E-state index < -0.39 is 0 Å². The van der Waals surface area contributed by atoms with Gasteiger partial charge in [-0.1, -0.05) is 6.08 Å². The van der Waals surface area contributed by atoms with Gasteiger partial charge in [-0.2, -0.15) is 0 Å². The molecule has 0 radical (unpaired) electrons. The van der Waals surface area contributed by atoms with Crippen LogP contribution in [0.4, 0.5) is 0 Å². The molecule has 1 saturated heterocycles. The molecular formula is C7H10N2O2. The van der Waals surface area contributed by atoms with Crippen molar-refractivity contribution in [3.8, 4) is 0 Å². The predicted octanol–water partition coefficient (Wildman–Crippen LogP) is -0.869. The minimum Gasteiger partial charge on any atom is -0.300 e. The van der Waals surface area contributed by atoms with E-state index in [1.807, 2.05) is 0 Å². The topological polar surface area (TPSA) is 49.4 Å². The van der Waals surface area contributed by atoms with Crippen LogP contribution in [0.3, 0.4) is 0 Å². The van der Waals surface area contributed by atoms with Gasteiger partial charge >= 0.3 is 0 Å². The predicted molar refractivity (Wildman–Crippen MR) is 39.8 cm³/mol. The molecule has 0 unspecified atom stereocenters. The summed E-state index contributed by atoms with van der Waals surface area (Å²) in [6.45, 7) is 4.28. The van der Waals surface area contributed by atoms with Crippen LogP contribution in [0.5, 0.6) is 0 Å². The Morgan fingerprint density at radius 1 is 1.45 bits per heavy atom. The smallest absolute Gasteiger partial charge is 0.243 e. The SMILES string of the molecule is C=CCN1C(=O)CNCC1=O. The van der Waals surface area contributed by atoms with E-state index in [0.717, 1.165) is 0 Å². The Morgan fingerprint density at radius 2 is 2.00 bits per heavy atom. The van der Waals surface area contributed by atoms with Crippen LogP contribution in [0.25, 0.3) is 0 Å². The lowest BCUT2D eigenvalue weighted by atomic mass is 10.3. The zero-order valence-corrected chi connectivity index (χ0v) is 6.17. The van der Waals surface area contributed by atoms with Gasteiger partial charge in [-0.3, -0.25) is 19.8 Å². The number of carbonyl (C=O) groups is 2. The van der Waals surface area contributed by atoms with Gasteiger partial charge in [0.15, 0.2) is 0 Å². The fourth-order valence-corrected chi connectivity index (χ4v) is 0.939. The Kier molecular flexibility index (Phi) is 2.38. The molecule has 0 aromatic carbocycles. The third kappa shape index (κ3) is 1.65. The Balaban J connectivity index is 2.62. The molecule has 1 rings (SSSR count). The van der Waals surface area contributed by atoms with Crippen LogP contribution < -0.4 is 5.32 Å². The summed E-state index contributed by atoms with van der Waals surface area (Å²) in [6.07, 6.45) is 1.54. The summed E-state index contributed by atoms with van der Waals surface area (Å²) in [4.78, 5) is 23.2. The monoisotopic (exact) mass is 154 g/mol. The first kappa shape index (κ1) is 7.94. The largest absolute Gasteiger partial charge is 0.300 e. The van der Waals surface area contributed by atoms with Gasteiger partial charge in [0, 0.05) is 6.54 Å². The molecule has 4 heteroatoms. The lowest BCUT2D eigenvalue weighted by Gasteiger charge is -2.23. The highest BCUT2D eigenvalue weighted by Gasteiger charge is 2.23. The molecule has 1 aliphatic rings. The Bertz CT molecular complexity index is 185. The van der Waals surface area contributed by atoms with Crippen LogP contribution in [0.1, 0.15) is 0 Å². The molecule has 11 heavy (non-hydrogen) atoms. The summed E-state index contributed by atoms with van der Waals surface area (Å²) in [5.74, 6) is -0.359. The molecule has 0 saturated carbocycles. The fraction of sp³-hybridized carbons (Fsp3) is 0.429. The second-order valence-electron chi connectivity index (χ2n) is 2.29. The van der Waals surface area contributed by atoms with E-state index in [1.54, 1.807) is 6.08 Å². The van der Waals surface area contributed by atoms with Crippen LogP contribution in [-0.2, 0) is 9.59 Å². The standard InChI is InChI=1S/C7H10N2O2/c1-2-3-9-6(10)4-8-5-7(9)11/h2,8H,1,3-5H2. The van der Waals surface area contributed by atoms with Gasteiger partial charge in [0.2, 0.25) is 11.8 Å². The molecule has 60 valence electrons. The van der Waals surface area contributed by atoms with E-state index in [1.165, 1.54) is 4.90 Å². The Morgan fingerprint density at radius 3 is 2.45 bits per heavy atom. The number of piperazine rings is 1. The quantitative estimate of drug-likeness (QED) is 0.415. The first-order chi connectivity index (χ1) is 5.25. The van der Waals surface area contributed by atoms with Gasteiger partial charge < -0.3 is 0 Å². The maximum Gasteiger partial charge on any atom is 0.243 e. The minimum absolute atomic E-state index is 0.179. The van der Waals surface area contributed by atoms with Crippen molar-refractivity contribution in [1.82, 2.24) is 10.2 Å². The van der Waals surface area contributed by atoms with Crippen LogP contribution in [0.15, 0.2) is 12.7 Å². The maximum absolute atomic E-state index is 11.0. The molecule has 1 aliphatic heterocycles. The molecule has 1 heterocycles. The number of nitrogens with zero attached hydrogens (tertiary/aromatic N) is 1. The number of rotatable bonds is 2. The Labute approximate surface area is 64.9 Å². The van der Waals surface area contributed by atoms with Crippen molar-refractivity contribution in [1.29, 1.82) is 0 Å². The third-order valence-electron chi connectivity index (χ3n) is 1.47. The van der Waals surface area contributed by atoms with E-state index in [4.69, 9.17) is 0 Å². The highest BCUT2D eigenvalue weighted by molar-refractivity contribution is 5.99. The highest BCUT2D eigenvalue weighted by atomic mass is 16.2. The number of amides is 2. The second-order valence-corrected chi connectivity index (χ2v) is 2.29. The molecule has 0 aromatic rings. The van der Waals surface area contributed by atoms with Gasteiger partial charge in [0.05, 0.1) is 13.1 Å². The highest BCUT2D eigenvalue weighted by Crippen LogP contribution is 1.95. The number of carbonyl (C=O) groups excluding carboxylic acids is 2. The molecule has 0 atom stereocenters. The van der Waals surface area contributed by atoms with Crippen LogP contribution in [0.2, 0.25) is 0 Å². The van der Waals surface area contributed by atoms with Crippen molar-refractivity contribution < 1.29 is 9.59 Å².